The maximum Gasteiger partial charge on any atom is 0.243 e. The van der Waals surface area contributed by atoms with E-state index in [1.165, 1.54) is 0 Å². The number of fused-ring (bicyclic) bond motifs is 1. The van der Waals surface area contributed by atoms with Crippen molar-refractivity contribution >= 4 is 44.5 Å². The number of para-hydroxylation sites is 3. The molecule has 1 aliphatic heterocycles. The molecule has 0 saturated carbocycles. The molecule has 1 fully saturated rings. The van der Waals surface area contributed by atoms with Crippen molar-refractivity contribution in [3.8, 4) is 0 Å². The van der Waals surface area contributed by atoms with Crippen LogP contribution >= 0.6 is 15.9 Å². The zero-order valence-corrected chi connectivity index (χ0v) is 22.0. The minimum Gasteiger partial charge on any atom is -0.336 e. The van der Waals surface area contributed by atoms with Crippen LogP contribution in [0, 0.1) is 0 Å². The SMILES string of the molecule is CCC(C)N(C(=O)Cn1c(C2CC(=O)N(c3ccccc3Br)C2)nc2ccccc21)C(C)CC. The molecule has 1 aliphatic rings. The number of rotatable bonds is 8. The van der Waals surface area contributed by atoms with Gasteiger partial charge in [0.25, 0.3) is 0 Å². The van der Waals surface area contributed by atoms with Crippen LogP contribution in [-0.4, -0.2) is 44.9 Å². The van der Waals surface area contributed by atoms with Crippen LogP contribution in [0.1, 0.15) is 58.7 Å². The van der Waals surface area contributed by atoms with Crippen LogP contribution in [0.2, 0.25) is 0 Å². The van der Waals surface area contributed by atoms with Gasteiger partial charge in [0, 0.05) is 35.4 Å². The topological polar surface area (TPSA) is 58.4 Å². The van der Waals surface area contributed by atoms with Gasteiger partial charge in [-0.1, -0.05) is 38.1 Å². The highest BCUT2D eigenvalue weighted by Crippen LogP contribution is 2.36. The molecule has 0 radical (unpaired) electrons. The van der Waals surface area contributed by atoms with Crippen molar-refractivity contribution in [2.45, 2.75) is 71.5 Å². The summed E-state index contributed by atoms with van der Waals surface area (Å²) in [6.07, 6.45) is 2.19. The van der Waals surface area contributed by atoms with E-state index < -0.39 is 0 Å². The zero-order chi connectivity index (χ0) is 24.4. The first-order valence-corrected chi connectivity index (χ1v) is 13.0. The highest BCUT2D eigenvalue weighted by molar-refractivity contribution is 9.10. The minimum atomic E-state index is -0.0829. The summed E-state index contributed by atoms with van der Waals surface area (Å²) in [5.41, 5.74) is 2.66. The van der Waals surface area contributed by atoms with E-state index in [1.807, 2.05) is 62.9 Å². The van der Waals surface area contributed by atoms with Crippen molar-refractivity contribution in [2.75, 3.05) is 11.4 Å². The monoisotopic (exact) mass is 524 g/mol. The van der Waals surface area contributed by atoms with Crippen LogP contribution in [0.15, 0.2) is 53.0 Å². The predicted molar refractivity (Wildman–Crippen MR) is 140 cm³/mol. The van der Waals surface area contributed by atoms with Gasteiger partial charge in [-0.05, 0) is 66.9 Å². The first kappa shape index (κ1) is 24.5. The lowest BCUT2D eigenvalue weighted by molar-refractivity contribution is -0.136. The van der Waals surface area contributed by atoms with Crippen LogP contribution in [0.5, 0.6) is 0 Å². The number of hydrogen-bond acceptors (Lipinski definition) is 3. The predicted octanol–water partition coefficient (Wildman–Crippen LogP) is 5.74. The van der Waals surface area contributed by atoms with Gasteiger partial charge in [-0.2, -0.15) is 0 Å². The number of anilines is 1. The molecule has 4 rings (SSSR count). The molecule has 3 atom stereocenters. The number of carbonyl (C=O) groups excluding carboxylic acids is 2. The van der Waals surface area contributed by atoms with Gasteiger partial charge in [-0.3, -0.25) is 9.59 Å². The van der Waals surface area contributed by atoms with Gasteiger partial charge in [-0.25, -0.2) is 4.98 Å². The lowest BCUT2D eigenvalue weighted by Crippen LogP contribution is -2.46. The third kappa shape index (κ3) is 4.63. The van der Waals surface area contributed by atoms with Crippen molar-refractivity contribution < 1.29 is 9.59 Å². The molecule has 1 aromatic heterocycles. The molecule has 7 heteroatoms. The third-order valence-corrected chi connectivity index (χ3v) is 7.70. The van der Waals surface area contributed by atoms with Gasteiger partial charge in [0.2, 0.25) is 11.8 Å². The lowest BCUT2D eigenvalue weighted by Gasteiger charge is -2.34. The van der Waals surface area contributed by atoms with E-state index in [2.05, 4.69) is 43.6 Å². The molecule has 2 aromatic carbocycles. The highest BCUT2D eigenvalue weighted by Gasteiger charge is 2.36. The summed E-state index contributed by atoms with van der Waals surface area (Å²) in [5.74, 6) is 0.897. The Morgan fingerprint density at radius 2 is 1.74 bits per heavy atom. The van der Waals surface area contributed by atoms with Crippen molar-refractivity contribution in [1.82, 2.24) is 14.5 Å². The molecule has 6 nitrogen and oxygen atoms in total. The van der Waals surface area contributed by atoms with Gasteiger partial charge in [0.05, 0.1) is 16.7 Å². The van der Waals surface area contributed by atoms with Crippen LogP contribution in [0.25, 0.3) is 11.0 Å². The van der Waals surface area contributed by atoms with Gasteiger partial charge in [0.1, 0.15) is 12.4 Å². The molecule has 0 spiro atoms. The molecule has 0 aliphatic carbocycles. The molecular formula is C27H33BrN4O2. The maximum atomic E-state index is 13.6. The van der Waals surface area contributed by atoms with Crippen LogP contribution in [0.3, 0.4) is 0 Å². The normalized spacial score (nSPS) is 17.9. The number of aromatic nitrogens is 2. The standard InChI is InChI=1S/C27H33BrN4O2/c1-5-18(3)32(19(4)6-2)26(34)17-31-24-14-10-8-12-22(24)29-27(31)20-15-25(33)30(16-20)23-13-9-7-11-21(23)28/h7-14,18-20H,5-6,15-17H2,1-4H3. The Bertz CT molecular complexity index is 1180. The van der Waals surface area contributed by atoms with E-state index in [0.29, 0.717) is 13.0 Å². The third-order valence-electron chi connectivity index (χ3n) is 7.03. The molecule has 1 saturated heterocycles. The quantitative estimate of drug-likeness (QED) is 0.377. The molecule has 0 N–H and O–H groups in total. The molecule has 2 heterocycles. The van der Waals surface area contributed by atoms with Gasteiger partial charge >= 0.3 is 0 Å². The first-order chi connectivity index (χ1) is 16.3. The van der Waals surface area contributed by atoms with E-state index in [4.69, 9.17) is 4.98 Å². The average Bonchev–Trinajstić information content (AvgIpc) is 3.39. The van der Waals surface area contributed by atoms with Crippen molar-refractivity contribution in [3.05, 3.63) is 58.8 Å². The van der Waals surface area contributed by atoms with Crippen LogP contribution < -0.4 is 4.90 Å². The molecular weight excluding hydrogens is 492 g/mol. The van der Waals surface area contributed by atoms with Gasteiger partial charge in [-0.15, -0.1) is 0 Å². The van der Waals surface area contributed by atoms with E-state index in [9.17, 15) is 9.59 Å². The first-order valence-electron chi connectivity index (χ1n) is 12.2. The summed E-state index contributed by atoms with van der Waals surface area (Å²) >= 11 is 3.58. The average molecular weight is 525 g/mol. The second-order valence-electron chi connectivity index (χ2n) is 9.22. The summed E-state index contributed by atoms with van der Waals surface area (Å²) in [6, 6.07) is 16.0. The fraction of sp³-hybridized carbons (Fsp3) is 0.444. The Labute approximate surface area is 210 Å². The second kappa shape index (κ2) is 10.3. The fourth-order valence-corrected chi connectivity index (χ4v) is 5.39. The molecule has 3 aromatic rings. The summed E-state index contributed by atoms with van der Waals surface area (Å²) in [7, 11) is 0. The van der Waals surface area contributed by atoms with Crippen LogP contribution in [-0.2, 0) is 16.1 Å². The molecule has 3 unspecified atom stereocenters. The smallest absolute Gasteiger partial charge is 0.243 e. The Morgan fingerprint density at radius 3 is 2.41 bits per heavy atom. The Morgan fingerprint density at radius 1 is 1.09 bits per heavy atom. The number of nitrogens with zero attached hydrogens (tertiary/aromatic N) is 4. The van der Waals surface area contributed by atoms with E-state index in [1.54, 1.807) is 0 Å². The number of hydrogen-bond donors (Lipinski definition) is 0. The fourth-order valence-electron chi connectivity index (χ4n) is 4.89. The lowest BCUT2D eigenvalue weighted by atomic mass is 10.1. The summed E-state index contributed by atoms with van der Waals surface area (Å²) in [6.45, 7) is 9.23. The molecule has 0 bridgehead atoms. The largest absolute Gasteiger partial charge is 0.336 e. The summed E-state index contributed by atoms with van der Waals surface area (Å²) in [5, 5.41) is 0. The molecule has 34 heavy (non-hydrogen) atoms. The number of imidazole rings is 1. The molecule has 2 amide bonds. The van der Waals surface area contributed by atoms with Crippen molar-refractivity contribution in [2.24, 2.45) is 0 Å². The van der Waals surface area contributed by atoms with Gasteiger partial charge < -0.3 is 14.4 Å². The summed E-state index contributed by atoms with van der Waals surface area (Å²) in [4.78, 5) is 35.4. The van der Waals surface area contributed by atoms with E-state index >= 15 is 0 Å². The van der Waals surface area contributed by atoms with Crippen molar-refractivity contribution in [1.29, 1.82) is 0 Å². The van der Waals surface area contributed by atoms with E-state index in [-0.39, 0.29) is 36.4 Å². The second-order valence-corrected chi connectivity index (χ2v) is 10.1. The van der Waals surface area contributed by atoms with Crippen LogP contribution in [0.4, 0.5) is 5.69 Å². The number of carbonyl (C=O) groups is 2. The summed E-state index contributed by atoms with van der Waals surface area (Å²) < 4.78 is 2.93. The number of halogens is 1. The van der Waals surface area contributed by atoms with E-state index in [0.717, 1.165) is 39.9 Å². The van der Waals surface area contributed by atoms with Crippen molar-refractivity contribution in [3.63, 3.8) is 0 Å². The Balaban J connectivity index is 1.69. The number of benzene rings is 2. The Kier molecular flexibility index (Phi) is 7.41. The minimum absolute atomic E-state index is 0.0719. The highest BCUT2D eigenvalue weighted by atomic mass is 79.9. The number of amides is 2. The maximum absolute atomic E-state index is 13.6. The molecule has 180 valence electrons. The van der Waals surface area contributed by atoms with Gasteiger partial charge in [0.15, 0.2) is 0 Å². The Hall–Kier alpha value is -2.67. The zero-order valence-electron chi connectivity index (χ0n) is 20.4.